The highest BCUT2D eigenvalue weighted by Gasteiger charge is 2.16. The largest absolute Gasteiger partial charge is 0.338 e. The first-order valence-electron chi connectivity index (χ1n) is 12.2. The fraction of sp³-hybridized carbons (Fsp3) is 0.179. The molecule has 0 fully saturated rings. The van der Waals surface area contributed by atoms with Crippen molar-refractivity contribution in [3.63, 3.8) is 0 Å². The molecule has 0 saturated heterocycles. The number of nitrogens with zero attached hydrogens (tertiary/aromatic N) is 4. The van der Waals surface area contributed by atoms with Gasteiger partial charge in [0.1, 0.15) is 11.3 Å². The van der Waals surface area contributed by atoms with E-state index in [1.165, 1.54) is 9.75 Å². The zero-order valence-electron chi connectivity index (χ0n) is 20.5. The summed E-state index contributed by atoms with van der Waals surface area (Å²) in [6.45, 7) is 4.18. The second-order valence-electron chi connectivity index (χ2n) is 9.02. The molecule has 6 aromatic heterocycles. The minimum absolute atomic E-state index is 0.00849. The van der Waals surface area contributed by atoms with Crippen LogP contribution in [0.25, 0.3) is 55.0 Å². The highest BCUT2D eigenvalue weighted by atomic mass is 32.1. The fourth-order valence-electron chi connectivity index (χ4n) is 4.44. The molecule has 6 heterocycles. The Morgan fingerprint density at radius 2 is 1.97 bits per heavy atom. The van der Waals surface area contributed by atoms with Crippen molar-refractivity contribution >= 4 is 44.9 Å². The predicted octanol–water partition coefficient (Wildman–Crippen LogP) is 6.73. The Morgan fingerprint density at radius 1 is 1.05 bits per heavy atom. The number of anilines is 1. The Kier molecular flexibility index (Phi) is 5.97. The Labute approximate surface area is 217 Å². The molecule has 0 aliphatic carbocycles. The number of aromatic amines is 2. The summed E-state index contributed by atoms with van der Waals surface area (Å²) < 4.78 is 0. The number of unbranched alkanes of at least 4 members (excludes halogenated alkanes) is 1. The summed E-state index contributed by atoms with van der Waals surface area (Å²) in [5.41, 5.74) is 6.69. The molecule has 0 atom stereocenters. The van der Waals surface area contributed by atoms with Crippen LogP contribution in [0, 0.1) is 6.92 Å². The summed E-state index contributed by atoms with van der Waals surface area (Å²) >= 11 is 1.77. The molecule has 184 valence electrons. The van der Waals surface area contributed by atoms with Crippen molar-refractivity contribution in [3.05, 3.63) is 66.1 Å². The van der Waals surface area contributed by atoms with E-state index in [1.807, 2.05) is 18.3 Å². The van der Waals surface area contributed by atoms with E-state index in [2.05, 4.69) is 73.6 Å². The molecule has 3 N–H and O–H groups in total. The van der Waals surface area contributed by atoms with Crippen molar-refractivity contribution in [1.29, 1.82) is 0 Å². The number of aromatic nitrogens is 6. The normalized spacial score (nSPS) is 11.4. The number of hydrogen-bond donors (Lipinski definition) is 3. The molecule has 1 amide bonds. The summed E-state index contributed by atoms with van der Waals surface area (Å²) in [6.07, 6.45) is 9.34. The van der Waals surface area contributed by atoms with Gasteiger partial charge in [-0.1, -0.05) is 13.3 Å². The monoisotopic (exact) mass is 507 g/mol. The third-order valence-electron chi connectivity index (χ3n) is 6.32. The molecular formula is C28H25N7OS. The minimum Gasteiger partial charge on any atom is -0.338 e. The van der Waals surface area contributed by atoms with Gasteiger partial charge in [0.25, 0.3) is 0 Å². The predicted molar refractivity (Wildman–Crippen MR) is 148 cm³/mol. The molecule has 0 aliphatic heterocycles. The number of carbonyl (C=O) groups excluding carboxylic acids is 1. The number of aryl methyl sites for hydroxylation is 1. The number of hydrogen-bond acceptors (Lipinski definition) is 6. The third kappa shape index (κ3) is 4.49. The second kappa shape index (κ2) is 9.59. The van der Waals surface area contributed by atoms with Gasteiger partial charge in [0.2, 0.25) is 5.91 Å². The number of amides is 1. The van der Waals surface area contributed by atoms with E-state index < -0.39 is 0 Å². The van der Waals surface area contributed by atoms with Gasteiger partial charge in [-0.3, -0.25) is 19.9 Å². The van der Waals surface area contributed by atoms with Crippen molar-refractivity contribution < 1.29 is 4.79 Å². The first-order chi connectivity index (χ1) is 18.1. The molecule has 8 nitrogen and oxygen atoms in total. The van der Waals surface area contributed by atoms with E-state index in [0.29, 0.717) is 12.1 Å². The number of nitrogens with one attached hydrogen (secondary N) is 3. The molecule has 6 rings (SSSR count). The quantitative estimate of drug-likeness (QED) is 0.222. The topological polar surface area (TPSA) is 112 Å². The van der Waals surface area contributed by atoms with E-state index in [4.69, 9.17) is 0 Å². The number of pyridine rings is 3. The number of carbonyl (C=O) groups is 1. The summed E-state index contributed by atoms with van der Waals surface area (Å²) in [5.74, 6) is -0.00849. The standard InChI is InChI=1S/C28H25N7OS/c1-3-4-5-26(36)32-18-10-17(13-29-14-18)22-12-21-24(15-31-22)34-35-27(21)23-11-20-19(8-9-30-28(20)33-23)25-7-6-16(2)37-25/h6-15H,3-5H2,1-2H3,(H,30,33)(H,32,36)(H,34,35). The van der Waals surface area contributed by atoms with Crippen LogP contribution in [0.1, 0.15) is 31.1 Å². The maximum absolute atomic E-state index is 12.2. The highest BCUT2D eigenvalue weighted by molar-refractivity contribution is 7.15. The van der Waals surface area contributed by atoms with Crippen molar-refractivity contribution in [3.8, 4) is 33.1 Å². The van der Waals surface area contributed by atoms with Crippen molar-refractivity contribution in [2.24, 2.45) is 0 Å². The smallest absolute Gasteiger partial charge is 0.224 e. The molecule has 0 saturated carbocycles. The summed E-state index contributed by atoms with van der Waals surface area (Å²) in [6, 6.07) is 12.3. The molecular weight excluding hydrogens is 482 g/mol. The molecule has 0 bridgehead atoms. The summed E-state index contributed by atoms with van der Waals surface area (Å²) in [4.78, 5) is 31.6. The Bertz CT molecular complexity index is 1750. The SMILES string of the molecule is CCCCC(=O)Nc1cncc(-c2cc3c(-c4cc5c(-c6ccc(C)s6)ccnc5[nH]4)n[nH]c3cn2)c1. The number of H-pyrrole nitrogens is 2. The van der Waals surface area contributed by atoms with Gasteiger partial charge in [0.05, 0.1) is 35.0 Å². The molecule has 0 radical (unpaired) electrons. The summed E-state index contributed by atoms with van der Waals surface area (Å²) in [5, 5.41) is 12.6. The molecule has 9 heteroatoms. The summed E-state index contributed by atoms with van der Waals surface area (Å²) in [7, 11) is 0. The van der Waals surface area contributed by atoms with Gasteiger partial charge in [-0.25, -0.2) is 4.98 Å². The van der Waals surface area contributed by atoms with Crippen LogP contribution in [0.15, 0.2) is 61.2 Å². The molecule has 0 unspecified atom stereocenters. The van der Waals surface area contributed by atoms with Crippen molar-refractivity contribution in [2.45, 2.75) is 33.1 Å². The maximum atomic E-state index is 12.2. The van der Waals surface area contributed by atoms with Gasteiger partial charge >= 0.3 is 0 Å². The highest BCUT2D eigenvalue weighted by Crippen LogP contribution is 2.36. The minimum atomic E-state index is -0.00849. The first kappa shape index (κ1) is 23.1. The van der Waals surface area contributed by atoms with Crippen LogP contribution in [0.5, 0.6) is 0 Å². The van der Waals surface area contributed by atoms with Crippen LogP contribution in [0.4, 0.5) is 5.69 Å². The Hall–Kier alpha value is -4.37. The lowest BCUT2D eigenvalue weighted by atomic mass is 10.1. The lowest BCUT2D eigenvalue weighted by molar-refractivity contribution is -0.116. The molecule has 0 aliphatic rings. The second-order valence-corrected chi connectivity index (χ2v) is 10.3. The Balaban J connectivity index is 1.37. The molecule has 0 spiro atoms. The van der Waals surface area contributed by atoms with Gasteiger partial charge < -0.3 is 10.3 Å². The lowest BCUT2D eigenvalue weighted by Gasteiger charge is -2.07. The van der Waals surface area contributed by atoms with Gasteiger partial charge in [-0.15, -0.1) is 11.3 Å². The van der Waals surface area contributed by atoms with Crippen LogP contribution < -0.4 is 5.32 Å². The van der Waals surface area contributed by atoms with E-state index in [0.717, 1.165) is 63.0 Å². The number of fused-ring (bicyclic) bond motifs is 2. The van der Waals surface area contributed by atoms with Crippen LogP contribution in [-0.2, 0) is 4.79 Å². The van der Waals surface area contributed by atoms with Crippen LogP contribution in [0.2, 0.25) is 0 Å². The van der Waals surface area contributed by atoms with E-state index in [-0.39, 0.29) is 5.91 Å². The zero-order chi connectivity index (χ0) is 25.4. The van der Waals surface area contributed by atoms with Gasteiger partial charge in [0.15, 0.2) is 0 Å². The molecule has 0 aromatic carbocycles. The molecule has 37 heavy (non-hydrogen) atoms. The van der Waals surface area contributed by atoms with Crippen molar-refractivity contribution in [1.82, 2.24) is 30.1 Å². The first-order valence-corrected chi connectivity index (χ1v) is 13.0. The van der Waals surface area contributed by atoms with Gasteiger partial charge in [0, 0.05) is 50.5 Å². The van der Waals surface area contributed by atoms with Crippen LogP contribution in [-0.4, -0.2) is 36.0 Å². The van der Waals surface area contributed by atoms with Crippen LogP contribution >= 0.6 is 11.3 Å². The van der Waals surface area contributed by atoms with Gasteiger partial charge in [-0.05, 0) is 49.7 Å². The zero-order valence-corrected chi connectivity index (χ0v) is 21.3. The maximum Gasteiger partial charge on any atom is 0.224 e. The van der Waals surface area contributed by atoms with E-state index >= 15 is 0 Å². The lowest BCUT2D eigenvalue weighted by Crippen LogP contribution is -2.11. The number of rotatable bonds is 7. The average molecular weight is 508 g/mol. The Morgan fingerprint density at radius 3 is 2.81 bits per heavy atom. The van der Waals surface area contributed by atoms with E-state index in [1.54, 1.807) is 29.9 Å². The van der Waals surface area contributed by atoms with Crippen molar-refractivity contribution in [2.75, 3.05) is 5.32 Å². The van der Waals surface area contributed by atoms with Crippen LogP contribution in [0.3, 0.4) is 0 Å². The molecule has 6 aromatic rings. The number of thiophene rings is 1. The third-order valence-corrected chi connectivity index (χ3v) is 7.35. The fourth-order valence-corrected chi connectivity index (χ4v) is 5.34. The van der Waals surface area contributed by atoms with E-state index in [9.17, 15) is 4.79 Å². The van der Waals surface area contributed by atoms with Gasteiger partial charge in [-0.2, -0.15) is 5.10 Å². The average Bonchev–Trinajstić information content (AvgIpc) is 3.64.